The zero-order valence-corrected chi connectivity index (χ0v) is 17.9. The minimum absolute atomic E-state index is 0.112. The molecule has 8 nitrogen and oxygen atoms in total. The normalized spacial score (nSPS) is 23.1. The molecule has 158 valence electrons. The molecule has 32 heavy (non-hydrogen) atoms. The average molecular weight is 423 g/mol. The second-order valence-corrected chi connectivity index (χ2v) is 8.77. The van der Waals surface area contributed by atoms with Crippen LogP contribution < -0.4 is 10.1 Å². The summed E-state index contributed by atoms with van der Waals surface area (Å²) in [6, 6.07) is 8.34. The molecule has 2 heterocycles. The first kappa shape index (κ1) is 19.8. The van der Waals surface area contributed by atoms with E-state index in [9.17, 15) is 5.26 Å². The van der Waals surface area contributed by atoms with Crippen molar-refractivity contribution in [2.45, 2.75) is 38.6 Å². The molecular formula is C24H21N7O. The molecule has 0 unspecified atom stereocenters. The zero-order valence-electron chi connectivity index (χ0n) is 17.9. The number of hydrogen-bond donors (Lipinski definition) is 2. The minimum Gasteiger partial charge on any atom is -0.437 e. The van der Waals surface area contributed by atoms with Crippen molar-refractivity contribution in [2.75, 3.05) is 5.32 Å². The molecule has 2 aromatic heterocycles. The lowest BCUT2D eigenvalue weighted by atomic mass is 9.40. The number of allylic oxidation sites excluding steroid dienone is 1. The lowest BCUT2D eigenvalue weighted by Crippen LogP contribution is -2.70. The van der Waals surface area contributed by atoms with Gasteiger partial charge < -0.3 is 10.1 Å². The fourth-order valence-electron chi connectivity index (χ4n) is 4.94. The van der Waals surface area contributed by atoms with E-state index in [1.165, 1.54) is 6.08 Å². The smallest absolute Gasteiger partial charge is 0.235 e. The maximum absolute atomic E-state index is 9.29. The summed E-state index contributed by atoms with van der Waals surface area (Å²) in [5.41, 5.74) is 3.64. The van der Waals surface area contributed by atoms with Crippen molar-refractivity contribution in [1.29, 1.82) is 10.5 Å². The largest absolute Gasteiger partial charge is 0.437 e. The summed E-state index contributed by atoms with van der Waals surface area (Å²) < 4.78 is 6.33. The molecule has 8 heteroatoms. The number of anilines is 1. The van der Waals surface area contributed by atoms with Gasteiger partial charge in [-0.25, -0.2) is 0 Å². The summed E-state index contributed by atoms with van der Waals surface area (Å²) in [5.74, 6) is 1.51. The van der Waals surface area contributed by atoms with Crippen LogP contribution in [0.2, 0.25) is 0 Å². The number of nitriles is 2. The molecule has 3 aliphatic carbocycles. The molecule has 3 aliphatic rings. The van der Waals surface area contributed by atoms with Crippen LogP contribution in [0.15, 0.2) is 24.8 Å². The van der Waals surface area contributed by atoms with Gasteiger partial charge in [0.1, 0.15) is 11.1 Å². The SMILES string of the molecule is C=Cc1[nH]nc2nc(NC34CC(C#N)(C3)C4)nc(Oc3c(C)cc(/C=C/C#N)cc3C)c12. The Morgan fingerprint density at radius 3 is 2.53 bits per heavy atom. The highest BCUT2D eigenvalue weighted by Gasteiger charge is 2.69. The Hall–Kier alpha value is -4.17. The molecule has 0 aliphatic heterocycles. The van der Waals surface area contributed by atoms with Crippen LogP contribution in [0.1, 0.15) is 41.6 Å². The first-order chi connectivity index (χ1) is 15.4. The molecule has 2 bridgehead atoms. The maximum Gasteiger partial charge on any atom is 0.235 e. The number of aromatic amines is 1. The molecule has 3 aromatic rings. The van der Waals surface area contributed by atoms with E-state index in [-0.39, 0.29) is 11.0 Å². The zero-order chi connectivity index (χ0) is 22.5. The molecule has 3 fully saturated rings. The Kier molecular flexibility index (Phi) is 4.28. The van der Waals surface area contributed by atoms with Crippen LogP contribution >= 0.6 is 0 Å². The van der Waals surface area contributed by atoms with E-state index in [1.807, 2.05) is 32.0 Å². The predicted molar refractivity (Wildman–Crippen MR) is 121 cm³/mol. The van der Waals surface area contributed by atoms with Gasteiger partial charge in [-0.1, -0.05) is 6.58 Å². The fraction of sp³-hybridized carbons (Fsp3) is 0.292. The summed E-state index contributed by atoms with van der Waals surface area (Å²) in [7, 11) is 0. The molecule has 6 rings (SSSR count). The Labute approximate surface area is 185 Å². The summed E-state index contributed by atoms with van der Waals surface area (Å²) in [6.45, 7) is 7.75. The molecule has 3 saturated carbocycles. The Morgan fingerprint density at radius 2 is 1.91 bits per heavy atom. The van der Waals surface area contributed by atoms with Gasteiger partial charge in [-0.3, -0.25) is 5.10 Å². The first-order valence-corrected chi connectivity index (χ1v) is 10.3. The van der Waals surface area contributed by atoms with Gasteiger partial charge in [0.2, 0.25) is 11.8 Å². The molecule has 1 aromatic carbocycles. The van der Waals surface area contributed by atoms with Crippen molar-refractivity contribution in [3.05, 3.63) is 47.2 Å². The Bertz CT molecular complexity index is 1340. The van der Waals surface area contributed by atoms with Crippen molar-refractivity contribution < 1.29 is 4.74 Å². The highest BCUT2D eigenvalue weighted by Crippen LogP contribution is 2.67. The van der Waals surface area contributed by atoms with Gasteiger partial charge in [-0.15, -0.1) is 0 Å². The number of aromatic nitrogens is 4. The van der Waals surface area contributed by atoms with Crippen LogP contribution in [0.25, 0.3) is 23.2 Å². The maximum atomic E-state index is 9.29. The monoisotopic (exact) mass is 423 g/mol. The number of benzene rings is 1. The van der Waals surface area contributed by atoms with E-state index in [1.54, 1.807) is 12.2 Å². The highest BCUT2D eigenvalue weighted by molar-refractivity contribution is 5.89. The second-order valence-electron chi connectivity index (χ2n) is 8.77. The average Bonchev–Trinajstić information content (AvgIpc) is 3.13. The summed E-state index contributed by atoms with van der Waals surface area (Å²) in [4.78, 5) is 9.24. The van der Waals surface area contributed by atoms with E-state index in [2.05, 4.69) is 38.1 Å². The van der Waals surface area contributed by atoms with Gasteiger partial charge in [0.05, 0.1) is 23.2 Å². The third-order valence-electron chi connectivity index (χ3n) is 6.29. The van der Waals surface area contributed by atoms with E-state index < -0.39 is 0 Å². The molecule has 0 saturated heterocycles. The third-order valence-corrected chi connectivity index (χ3v) is 6.29. The molecule has 2 N–H and O–H groups in total. The third kappa shape index (κ3) is 3.00. The number of ether oxygens (including phenoxy) is 1. The van der Waals surface area contributed by atoms with Crippen LogP contribution in [0, 0.1) is 41.9 Å². The fourth-order valence-corrected chi connectivity index (χ4v) is 4.94. The van der Waals surface area contributed by atoms with Crippen molar-refractivity contribution in [2.24, 2.45) is 5.41 Å². The number of aryl methyl sites for hydroxylation is 2. The predicted octanol–water partition coefficient (Wildman–Crippen LogP) is 4.80. The van der Waals surface area contributed by atoms with Crippen LogP contribution in [0.5, 0.6) is 11.6 Å². The van der Waals surface area contributed by atoms with Crippen molar-refractivity contribution in [3.8, 4) is 23.8 Å². The highest BCUT2D eigenvalue weighted by atomic mass is 16.5. The standard InChI is InChI=1S/C24H21N7O/c1-4-17-18-20(31-30-17)27-22(29-24-10-23(11-24,12-24)13-26)28-21(18)32-19-14(2)8-16(6-5-7-25)9-15(19)3/h4-6,8-9H,1,10-12H2,2-3H3,(H2,27,28,29,30,31)/b6-5+. The lowest BCUT2D eigenvalue weighted by molar-refractivity contribution is -0.0665. The van der Waals surface area contributed by atoms with Gasteiger partial charge in [0.15, 0.2) is 5.65 Å². The summed E-state index contributed by atoms with van der Waals surface area (Å²) in [5, 5.41) is 29.4. The first-order valence-electron chi connectivity index (χ1n) is 10.3. The number of rotatable bonds is 6. The van der Waals surface area contributed by atoms with Crippen molar-refractivity contribution >= 4 is 29.1 Å². The van der Waals surface area contributed by atoms with Gasteiger partial charge in [0, 0.05) is 11.6 Å². The van der Waals surface area contributed by atoms with E-state index in [4.69, 9.17) is 10.00 Å². The number of nitrogens with one attached hydrogen (secondary N) is 2. The number of fused-ring (bicyclic) bond motifs is 1. The number of hydrogen-bond acceptors (Lipinski definition) is 7. The molecular weight excluding hydrogens is 402 g/mol. The van der Waals surface area contributed by atoms with Crippen molar-refractivity contribution in [3.63, 3.8) is 0 Å². The number of H-pyrrole nitrogens is 1. The van der Waals surface area contributed by atoms with Gasteiger partial charge in [0.25, 0.3) is 0 Å². The molecule has 0 spiro atoms. The minimum atomic E-state index is -0.172. The van der Waals surface area contributed by atoms with Gasteiger partial charge in [-0.05, 0) is 74.1 Å². The van der Waals surface area contributed by atoms with Crippen LogP contribution in [0.4, 0.5) is 5.95 Å². The molecule has 0 atom stereocenters. The van der Waals surface area contributed by atoms with Crippen molar-refractivity contribution in [1.82, 2.24) is 20.2 Å². The van der Waals surface area contributed by atoms with E-state index in [0.717, 1.165) is 36.0 Å². The van der Waals surface area contributed by atoms with E-state index >= 15 is 0 Å². The second kappa shape index (κ2) is 6.93. The summed E-state index contributed by atoms with van der Waals surface area (Å²) in [6.07, 6.45) is 7.29. The molecule has 0 radical (unpaired) electrons. The van der Waals surface area contributed by atoms with Crippen LogP contribution in [-0.4, -0.2) is 25.7 Å². The van der Waals surface area contributed by atoms with E-state index in [0.29, 0.717) is 34.3 Å². The summed E-state index contributed by atoms with van der Waals surface area (Å²) >= 11 is 0. The van der Waals surface area contributed by atoms with Crippen LogP contribution in [0.3, 0.4) is 0 Å². The molecule has 0 amide bonds. The van der Waals surface area contributed by atoms with Crippen LogP contribution in [-0.2, 0) is 0 Å². The van der Waals surface area contributed by atoms with Gasteiger partial charge in [-0.2, -0.15) is 25.6 Å². The Balaban J connectivity index is 1.52. The number of nitrogens with zero attached hydrogens (tertiary/aromatic N) is 5. The lowest BCUT2D eigenvalue weighted by Gasteiger charge is -2.66. The quantitative estimate of drug-likeness (QED) is 0.546. The Morgan fingerprint density at radius 1 is 1.19 bits per heavy atom. The van der Waals surface area contributed by atoms with Gasteiger partial charge >= 0.3 is 0 Å². The topological polar surface area (TPSA) is 123 Å².